The highest BCUT2D eigenvalue weighted by Gasteiger charge is 2.24. The van der Waals surface area contributed by atoms with Gasteiger partial charge in [-0.3, -0.25) is 13.9 Å². The highest BCUT2D eigenvalue weighted by atomic mass is 16.2. The zero-order chi connectivity index (χ0) is 17.4. The third kappa shape index (κ3) is 2.63. The molecule has 3 rings (SSSR count). The first-order valence-electron chi connectivity index (χ1n) is 8.32. The summed E-state index contributed by atoms with van der Waals surface area (Å²) < 4.78 is 3.81. The Hall–Kier alpha value is -2.13. The fourth-order valence-electron chi connectivity index (χ4n) is 3.32. The Balaban J connectivity index is 2.06. The van der Waals surface area contributed by atoms with Crippen molar-refractivity contribution in [2.75, 3.05) is 38.6 Å². The number of nitrogen functional groups attached to an aromatic ring is 1. The molecule has 0 aliphatic carbocycles. The van der Waals surface area contributed by atoms with Gasteiger partial charge in [-0.1, -0.05) is 6.92 Å². The normalized spacial score (nSPS) is 17.5. The van der Waals surface area contributed by atoms with Gasteiger partial charge in [0.05, 0.1) is 0 Å². The van der Waals surface area contributed by atoms with Crippen molar-refractivity contribution in [2.24, 2.45) is 14.1 Å². The Bertz CT molecular complexity index is 857. The molecule has 0 bridgehead atoms. The summed E-state index contributed by atoms with van der Waals surface area (Å²) in [5.74, 6) is 6.97. The second-order valence-electron chi connectivity index (χ2n) is 6.37. The quantitative estimate of drug-likeness (QED) is 0.663. The molecule has 2 aromatic heterocycles. The summed E-state index contributed by atoms with van der Waals surface area (Å²) in [5.41, 5.74) is -0.189. The van der Waals surface area contributed by atoms with Gasteiger partial charge in [0.25, 0.3) is 5.56 Å². The van der Waals surface area contributed by atoms with E-state index in [1.807, 2.05) is 0 Å². The fourth-order valence-corrected chi connectivity index (χ4v) is 3.32. The van der Waals surface area contributed by atoms with Gasteiger partial charge in [0.1, 0.15) is 5.82 Å². The van der Waals surface area contributed by atoms with Crippen molar-refractivity contribution in [3.63, 3.8) is 0 Å². The van der Waals surface area contributed by atoms with E-state index in [1.165, 1.54) is 16.3 Å². The average molecular weight is 335 g/mol. The number of fused-ring (bicyclic) bond motifs is 1. The molecule has 9 heteroatoms. The van der Waals surface area contributed by atoms with Crippen molar-refractivity contribution >= 4 is 11.2 Å². The number of rotatable bonds is 4. The van der Waals surface area contributed by atoms with Gasteiger partial charge < -0.3 is 16.1 Å². The van der Waals surface area contributed by atoms with Crippen molar-refractivity contribution < 1.29 is 0 Å². The number of hydrogen-bond donors (Lipinski definition) is 2. The summed E-state index contributed by atoms with van der Waals surface area (Å²) in [6.45, 7) is 6.86. The fraction of sp³-hybridized carbons (Fsp3) is 0.667. The Morgan fingerprint density at radius 1 is 1.21 bits per heavy atom. The van der Waals surface area contributed by atoms with E-state index >= 15 is 0 Å². The molecule has 1 aliphatic heterocycles. The molecule has 0 spiro atoms. The van der Waals surface area contributed by atoms with Gasteiger partial charge in [0.2, 0.25) is 0 Å². The molecule has 3 heterocycles. The summed E-state index contributed by atoms with van der Waals surface area (Å²) in [6, 6.07) is 0. The van der Waals surface area contributed by atoms with E-state index in [-0.39, 0.29) is 11.4 Å². The second-order valence-corrected chi connectivity index (χ2v) is 6.37. The highest BCUT2D eigenvalue weighted by Crippen LogP contribution is 2.21. The number of hydrogen-bond acceptors (Lipinski definition) is 6. The van der Waals surface area contributed by atoms with Crippen LogP contribution in [0.1, 0.15) is 25.1 Å². The molecule has 9 nitrogen and oxygen atoms in total. The summed E-state index contributed by atoms with van der Waals surface area (Å²) in [7, 11) is 3.06. The van der Waals surface area contributed by atoms with Crippen LogP contribution < -0.4 is 22.4 Å². The van der Waals surface area contributed by atoms with E-state index in [4.69, 9.17) is 5.84 Å². The van der Waals surface area contributed by atoms with Crippen molar-refractivity contribution in [3.8, 4) is 0 Å². The van der Waals surface area contributed by atoms with E-state index in [0.29, 0.717) is 11.5 Å². The second kappa shape index (κ2) is 6.40. The van der Waals surface area contributed by atoms with Crippen LogP contribution in [0.3, 0.4) is 0 Å². The van der Waals surface area contributed by atoms with E-state index < -0.39 is 11.2 Å². The van der Waals surface area contributed by atoms with Crippen molar-refractivity contribution in [1.29, 1.82) is 0 Å². The van der Waals surface area contributed by atoms with E-state index in [0.717, 1.165) is 43.7 Å². The van der Waals surface area contributed by atoms with Gasteiger partial charge in [0, 0.05) is 52.7 Å². The minimum atomic E-state index is -0.411. The first-order valence-corrected chi connectivity index (χ1v) is 8.32. The maximum absolute atomic E-state index is 12.4. The number of nitrogens with two attached hydrogens (primary N) is 1. The maximum Gasteiger partial charge on any atom is 0.332 e. The summed E-state index contributed by atoms with van der Waals surface area (Å²) >= 11 is 0. The Labute approximate surface area is 139 Å². The van der Waals surface area contributed by atoms with Gasteiger partial charge in [-0.2, -0.15) is 0 Å². The summed E-state index contributed by atoms with van der Waals surface area (Å²) in [6.07, 6.45) is 0.860. The Kier molecular flexibility index (Phi) is 4.46. The van der Waals surface area contributed by atoms with Crippen LogP contribution in [0.15, 0.2) is 9.59 Å². The van der Waals surface area contributed by atoms with Crippen LogP contribution in [0.5, 0.6) is 0 Å². The molecule has 1 fully saturated rings. The smallest absolute Gasteiger partial charge is 0.332 e. The number of nitrogens with zero attached hydrogens (tertiary/aromatic N) is 5. The van der Waals surface area contributed by atoms with Gasteiger partial charge in [-0.05, 0) is 6.42 Å². The number of nitrogens with one attached hydrogen (secondary N) is 1. The summed E-state index contributed by atoms with van der Waals surface area (Å²) in [4.78, 5) is 31.5. The number of aryl methyl sites for hydroxylation is 1. The molecular formula is C15H25N7O2. The lowest BCUT2D eigenvalue weighted by Gasteiger charge is -2.30. The van der Waals surface area contributed by atoms with E-state index in [2.05, 4.69) is 22.1 Å². The lowest BCUT2D eigenvalue weighted by Crippen LogP contribution is -2.45. The van der Waals surface area contributed by atoms with Crippen LogP contribution in [0, 0.1) is 0 Å². The first-order chi connectivity index (χ1) is 11.5. The molecule has 0 aromatic carbocycles. The number of imidazole rings is 1. The van der Waals surface area contributed by atoms with E-state index in [1.54, 1.807) is 7.05 Å². The SMILES string of the molecule is CCC(CN1CCNCC1)c1nc2c(c(=O)n(C)c(=O)n2C)n1N. The lowest BCUT2D eigenvalue weighted by atomic mass is 10.0. The van der Waals surface area contributed by atoms with Crippen molar-refractivity contribution in [2.45, 2.75) is 19.3 Å². The molecule has 0 saturated carbocycles. The maximum atomic E-state index is 12.4. The molecular weight excluding hydrogens is 310 g/mol. The lowest BCUT2D eigenvalue weighted by molar-refractivity contribution is 0.222. The predicted molar refractivity (Wildman–Crippen MR) is 92.7 cm³/mol. The Morgan fingerprint density at radius 3 is 2.50 bits per heavy atom. The van der Waals surface area contributed by atoms with E-state index in [9.17, 15) is 9.59 Å². The molecule has 2 aromatic rings. The average Bonchev–Trinajstić information content (AvgIpc) is 2.94. The highest BCUT2D eigenvalue weighted by molar-refractivity contribution is 5.71. The van der Waals surface area contributed by atoms with Crippen LogP contribution in [0.2, 0.25) is 0 Å². The van der Waals surface area contributed by atoms with Crippen LogP contribution >= 0.6 is 0 Å². The van der Waals surface area contributed by atoms with Crippen molar-refractivity contribution in [3.05, 3.63) is 26.7 Å². The number of piperazine rings is 1. The predicted octanol–water partition coefficient (Wildman–Crippen LogP) is -1.45. The molecule has 0 amide bonds. The minimum Gasteiger partial charge on any atom is -0.337 e. The molecule has 1 saturated heterocycles. The van der Waals surface area contributed by atoms with Crippen molar-refractivity contribution in [1.82, 2.24) is 29.0 Å². The molecule has 132 valence electrons. The largest absolute Gasteiger partial charge is 0.337 e. The van der Waals surface area contributed by atoms with Gasteiger partial charge in [-0.15, -0.1) is 0 Å². The molecule has 1 unspecified atom stereocenters. The zero-order valence-electron chi connectivity index (χ0n) is 14.4. The topological polar surface area (TPSA) is 103 Å². The summed E-state index contributed by atoms with van der Waals surface area (Å²) in [5, 5.41) is 3.34. The van der Waals surface area contributed by atoms with Crippen LogP contribution in [-0.2, 0) is 14.1 Å². The van der Waals surface area contributed by atoms with Gasteiger partial charge in [-0.25, -0.2) is 14.5 Å². The molecule has 1 aliphatic rings. The molecule has 3 N–H and O–H groups in total. The number of aromatic nitrogens is 4. The van der Waals surface area contributed by atoms with Crippen LogP contribution in [-0.4, -0.2) is 56.4 Å². The zero-order valence-corrected chi connectivity index (χ0v) is 14.4. The standard InChI is InChI=1S/C15H25N7O2/c1-4-10(9-21-7-5-17-6-8-21)12-18-13-11(22(12)16)14(23)20(3)15(24)19(13)2/h10,17H,4-9,16H2,1-3H3. The molecule has 1 atom stereocenters. The third-order valence-electron chi connectivity index (χ3n) is 4.86. The first kappa shape index (κ1) is 16.7. The molecule has 0 radical (unpaired) electrons. The van der Waals surface area contributed by atoms with Gasteiger partial charge >= 0.3 is 5.69 Å². The van der Waals surface area contributed by atoms with Crippen LogP contribution in [0.25, 0.3) is 11.2 Å². The third-order valence-corrected chi connectivity index (χ3v) is 4.86. The minimum absolute atomic E-state index is 0.111. The monoisotopic (exact) mass is 335 g/mol. The Morgan fingerprint density at radius 2 is 1.88 bits per heavy atom. The molecule has 24 heavy (non-hydrogen) atoms. The van der Waals surface area contributed by atoms with Gasteiger partial charge in [0.15, 0.2) is 11.2 Å². The van der Waals surface area contributed by atoms with Crippen LogP contribution in [0.4, 0.5) is 0 Å².